The Bertz CT molecular complexity index is 450. The third-order valence-corrected chi connectivity index (χ3v) is 3.51. The molecule has 3 rings (SSSR count). The Morgan fingerprint density at radius 2 is 1.21 bits per heavy atom. The molecule has 0 aliphatic heterocycles. The first-order valence-corrected chi connectivity index (χ1v) is 6.12. The van der Waals surface area contributed by atoms with Crippen LogP contribution >= 0.6 is 0 Å². The normalized spacial score (nSPS) is 19.8. The zero-order chi connectivity index (χ0) is 11.7. The van der Waals surface area contributed by atoms with Crippen LogP contribution in [0.2, 0.25) is 0 Å². The van der Waals surface area contributed by atoms with E-state index in [0.29, 0.717) is 0 Å². The molecule has 1 saturated carbocycles. The molecule has 0 radical (unpaired) electrons. The molecule has 0 bridgehead atoms. The Balaban J connectivity index is 0.000000902. The standard InChI is InChI=1S/C17H16.2Li/c1-17(12-13-17)16(14-8-4-2-5-9-14)15-10-6-3-7-11-15;;/h2-12H,13H2,1H3;;/q-2;2*+1. The van der Waals surface area contributed by atoms with Gasteiger partial charge in [0.25, 0.3) is 0 Å². The second-order valence-electron chi connectivity index (χ2n) is 4.93. The van der Waals surface area contributed by atoms with Crippen molar-refractivity contribution < 1.29 is 37.7 Å². The Morgan fingerprint density at radius 3 is 1.53 bits per heavy atom. The first kappa shape index (κ1) is 16.6. The van der Waals surface area contributed by atoms with Gasteiger partial charge in [0.1, 0.15) is 0 Å². The van der Waals surface area contributed by atoms with Gasteiger partial charge in [-0.3, -0.25) is 0 Å². The Labute approximate surface area is 140 Å². The second kappa shape index (κ2) is 6.79. The van der Waals surface area contributed by atoms with E-state index in [1.165, 1.54) is 23.5 Å². The smallest absolute Gasteiger partial charge is 0.330 e. The summed E-state index contributed by atoms with van der Waals surface area (Å²) in [6.07, 6.45) is 3.58. The third kappa shape index (κ3) is 3.53. The first-order valence-electron chi connectivity index (χ1n) is 6.12. The van der Waals surface area contributed by atoms with Gasteiger partial charge in [-0.15, -0.1) is 41.3 Å². The Kier molecular flexibility index (Phi) is 5.92. The van der Waals surface area contributed by atoms with Crippen molar-refractivity contribution >= 4 is 0 Å². The molecule has 0 aromatic heterocycles. The van der Waals surface area contributed by atoms with Gasteiger partial charge in [0.05, 0.1) is 0 Å². The van der Waals surface area contributed by atoms with E-state index in [1.807, 2.05) is 0 Å². The van der Waals surface area contributed by atoms with Crippen molar-refractivity contribution in [3.05, 3.63) is 84.1 Å². The van der Waals surface area contributed by atoms with E-state index in [2.05, 4.69) is 74.0 Å². The molecule has 0 amide bonds. The molecule has 0 N–H and O–H groups in total. The minimum atomic E-state index is 0. The molecule has 2 aromatic rings. The summed E-state index contributed by atoms with van der Waals surface area (Å²) in [4.78, 5) is 0. The SMILES string of the molecule is CC1([C-](c2ccccc2)c2ccccc2)[CH-]C1.[Li+].[Li+]. The minimum absolute atomic E-state index is 0. The molecule has 0 saturated heterocycles. The summed E-state index contributed by atoms with van der Waals surface area (Å²) in [5.41, 5.74) is 2.95. The molecule has 19 heavy (non-hydrogen) atoms. The van der Waals surface area contributed by atoms with Gasteiger partial charge in [0.15, 0.2) is 0 Å². The van der Waals surface area contributed by atoms with E-state index in [4.69, 9.17) is 0 Å². The van der Waals surface area contributed by atoms with Crippen LogP contribution in [0.25, 0.3) is 0 Å². The van der Waals surface area contributed by atoms with Crippen molar-refractivity contribution in [2.24, 2.45) is 5.41 Å². The van der Waals surface area contributed by atoms with Crippen LogP contribution < -0.4 is 37.7 Å². The fraction of sp³-hybridized carbons (Fsp3) is 0.176. The van der Waals surface area contributed by atoms with Crippen LogP contribution in [0.3, 0.4) is 0 Å². The zero-order valence-corrected chi connectivity index (χ0v) is 12.1. The van der Waals surface area contributed by atoms with Crippen LogP contribution in [-0.4, -0.2) is 0 Å². The zero-order valence-electron chi connectivity index (χ0n) is 12.1. The molecule has 2 heteroatoms. The number of hydrogen-bond acceptors (Lipinski definition) is 0. The second-order valence-corrected chi connectivity index (χ2v) is 4.93. The van der Waals surface area contributed by atoms with Gasteiger partial charge in [-0.2, -0.15) is 5.41 Å². The molecule has 0 spiro atoms. The largest absolute Gasteiger partial charge is 1.00 e. The predicted molar refractivity (Wildman–Crippen MR) is 71.4 cm³/mol. The van der Waals surface area contributed by atoms with Crippen LogP contribution in [0, 0.1) is 17.8 Å². The summed E-state index contributed by atoms with van der Waals surface area (Å²) in [7, 11) is 0. The maximum absolute atomic E-state index is 2.39. The van der Waals surface area contributed by atoms with E-state index in [-0.39, 0.29) is 43.1 Å². The fourth-order valence-electron chi connectivity index (χ4n) is 2.39. The fourth-order valence-corrected chi connectivity index (χ4v) is 2.39. The molecule has 1 atom stereocenters. The minimum Gasteiger partial charge on any atom is -0.330 e. The third-order valence-electron chi connectivity index (χ3n) is 3.51. The summed E-state index contributed by atoms with van der Waals surface area (Å²) in [5.74, 6) is 1.46. The summed E-state index contributed by atoms with van der Waals surface area (Å²) in [5, 5.41) is 0. The predicted octanol–water partition coefficient (Wildman–Crippen LogP) is -1.72. The monoisotopic (exact) mass is 234 g/mol. The van der Waals surface area contributed by atoms with Crippen molar-refractivity contribution in [1.29, 1.82) is 0 Å². The molecule has 86 valence electrons. The van der Waals surface area contributed by atoms with Crippen molar-refractivity contribution in [2.45, 2.75) is 13.3 Å². The van der Waals surface area contributed by atoms with Crippen molar-refractivity contribution in [3.63, 3.8) is 0 Å². The molecule has 1 unspecified atom stereocenters. The average Bonchev–Trinajstić information content (AvgIpc) is 3.11. The summed E-state index contributed by atoms with van der Waals surface area (Å²) in [6, 6.07) is 21.4. The molecule has 2 aromatic carbocycles. The topological polar surface area (TPSA) is 0 Å². The molecule has 0 heterocycles. The number of hydrogen-bond donors (Lipinski definition) is 0. The quantitative estimate of drug-likeness (QED) is 0.438. The average molecular weight is 234 g/mol. The van der Waals surface area contributed by atoms with Crippen molar-refractivity contribution in [3.8, 4) is 0 Å². The van der Waals surface area contributed by atoms with E-state index in [0.717, 1.165) is 0 Å². The Morgan fingerprint density at radius 1 is 0.842 bits per heavy atom. The van der Waals surface area contributed by atoms with Crippen LogP contribution in [0.1, 0.15) is 24.5 Å². The van der Waals surface area contributed by atoms with Gasteiger partial charge in [0, 0.05) is 0 Å². The molecule has 1 fully saturated rings. The van der Waals surface area contributed by atoms with Gasteiger partial charge in [-0.05, 0) is 0 Å². The van der Waals surface area contributed by atoms with Crippen LogP contribution in [0.4, 0.5) is 0 Å². The van der Waals surface area contributed by atoms with Crippen LogP contribution in [0.15, 0.2) is 60.7 Å². The summed E-state index contributed by atoms with van der Waals surface area (Å²) >= 11 is 0. The van der Waals surface area contributed by atoms with Gasteiger partial charge < -0.3 is 6.42 Å². The number of rotatable bonds is 3. The van der Waals surface area contributed by atoms with Gasteiger partial charge in [-0.1, -0.05) is 43.3 Å². The van der Waals surface area contributed by atoms with E-state index < -0.39 is 0 Å². The van der Waals surface area contributed by atoms with E-state index in [9.17, 15) is 0 Å². The van der Waals surface area contributed by atoms with Gasteiger partial charge in [-0.25, -0.2) is 6.42 Å². The van der Waals surface area contributed by atoms with Crippen LogP contribution in [0.5, 0.6) is 0 Å². The molecule has 1 aliphatic carbocycles. The number of benzene rings is 2. The van der Waals surface area contributed by atoms with Crippen molar-refractivity contribution in [1.82, 2.24) is 0 Å². The maximum atomic E-state index is 2.39. The first-order chi connectivity index (χ1) is 8.30. The summed E-state index contributed by atoms with van der Waals surface area (Å²) in [6.45, 7) is 2.32. The van der Waals surface area contributed by atoms with Crippen LogP contribution in [-0.2, 0) is 0 Å². The maximum Gasteiger partial charge on any atom is 1.00 e. The van der Waals surface area contributed by atoms with E-state index in [1.54, 1.807) is 0 Å². The Hall–Kier alpha value is -0.495. The molecular weight excluding hydrogens is 218 g/mol. The summed E-state index contributed by atoms with van der Waals surface area (Å²) < 4.78 is 0. The molecule has 1 aliphatic rings. The van der Waals surface area contributed by atoms with Gasteiger partial charge >= 0.3 is 37.7 Å². The molecular formula is C17H16Li2. The van der Waals surface area contributed by atoms with Crippen molar-refractivity contribution in [2.75, 3.05) is 0 Å². The molecule has 0 nitrogen and oxygen atoms in total. The van der Waals surface area contributed by atoms with E-state index >= 15 is 0 Å². The van der Waals surface area contributed by atoms with Gasteiger partial charge in [0.2, 0.25) is 0 Å².